The van der Waals surface area contributed by atoms with Crippen molar-refractivity contribution in [3.63, 3.8) is 0 Å². The van der Waals surface area contributed by atoms with Crippen molar-refractivity contribution in [1.29, 1.82) is 0 Å². The summed E-state index contributed by atoms with van der Waals surface area (Å²) in [5, 5.41) is 8.52. The molecule has 0 atom stereocenters. The Morgan fingerprint density at radius 2 is 1.96 bits per heavy atom. The summed E-state index contributed by atoms with van der Waals surface area (Å²) >= 11 is 0. The summed E-state index contributed by atoms with van der Waals surface area (Å²) in [4.78, 5) is 38.1. The van der Waals surface area contributed by atoms with Crippen LogP contribution in [0.5, 0.6) is 5.75 Å². The van der Waals surface area contributed by atoms with Gasteiger partial charge in [-0.2, -0.15) is 0 Å². The van der Waals surface area contributed by atoms with E-state index in [2.05, 4.69) is 4.74 Å². The van der Waals surface area contributed by atoms with E-state index in [9.17, 15) is 18.8 Å². The van der Waals surface area contributed by atoms with Crippen LogP contribution in [0.1, 0.15) is 18.9 Å². The van der Waals surface area contributed by atoms with Crippen LogP contribution in [0.2, 0.25) is 0 Å². The Kier molecular flexibility index (Phi) is 4.20. The SMILES string of the molecule is CN1CCN(c2c(F)cc3c(=O)c(OC(=O)O)cn(C4CC4)c3c2F)CC1=O. The number of benzene rings is 1. The fourth-order valence-electron chi connectivity index (χ4n) is 3.45. The minimum atomic E-state index is -1.69. The highest BCUT2D eigenvalue weighted by atomic mass is 19.1. The zero-order valence-corrected chi connectivity index (χ0v) is 14.9. The van der Waals surface area contributed by atoms with Crippen molar-refractivity contribution in [2.75, 3.05) is 31.6 Å². The molecule has 148 valence electrons. The number of piperazine rings is 1. The van der Waals surface area contributed by atoms with Gasteiger partial charge in [0.2, 0.25) is 11.3 Å². The lowest BCUT2D eigenvalue weighted by molar-refractivity contribution is -0.129. The first-order chi connectivity index (χ1) is 13.3. The van der Waals surface area contributed by atoms with Crippen molar-refractivity contribution in [2.24, 2.45) is 0 Å². The number of amides is 1. The number of rotatable bonds is 3. The van der Waals surface area contributed by atoms with E-state index in [4.69, 9.17) is 5.11 Å². The van der Waals surface area contributed by atoms with Gasteiger partial charge in [-0.15, -0.1) is 0 Å². The van der Waals surface area contributed by atoms with Crippen LogP contribution in [0, 0.1) is 11.6 Å². The molecule has 0 spiro atoms. The minimum Gasteiger partial charge on any atom is -0.449 e. The number of nitrogens with zero attached hydrogens (tertiary/aromatic N) is 3. The summed E-state index contributed by atoms with van der Waals surface area (Å²) in [7, 11) is 1.61. The van der Waals surface area contributed by atoms with Gasteiger partial charge in [-0.25, -0.2) is 13.6 Å². The van der Waals surface area contributed by atoms with Crippen LogP contribution in [0.3, 0.4) is 0 Å². The highest BCUT2D eigenvalue weighted by molar-refractivity contribution is 5.88. The normalized spacial score (nSPS) is 17.3. The van der Waals surface area contributed by atoms with Gasteiger partial charge < -0.3 is 24.2 Å². The Labute approximate surface area is 157 Å². The Morgan fingerprint density at radius 3 is 2.57 bits per heavy atom. The zero-order chi connectivity index (χ0) is 20.2. The van der Waals surface area contributed by atoms with Gasteiger partial charge >= 0.3 is 6.16 Å². The van der Waals surface area contributed by atoms with E-state index in [0.717, 1.165) is 12.3 Å². The number of aromatic nitrogens is 1. The van der Waals surface area contributed by atoms with Gasteiger partial charge in [-0.3, -0.25) is 9.59 Å². The van der Waals surface area contributed by atoms with E-state index in [1.54, 1.807) is 7.05 Å². The van der Waals surface area contributed by atoms with Crippen molar-refractivity contribution in [3.8, 4) is 5.75 Å². The molecule has 2 aromatic rings. The maximum Gasteiger partial charge on any atom is 0.511 e. The summed E-state index contributed by atoms with van der Waals surface area (Å²) in [5.74, 6) is -2.71. The van der Waals surface area contributed by atoms with E-state index >= 15 is 4.39 Å². The summed E-state index contributed by atoms with van der Waals surface area (Å²) in [5.41, 5.74) is -1.39. The average Bonchev–Trinajstić information content (AvgIpc) is 3.45. The number of carboxylic acid groups (broad SMARTS) is 1. The topological polar surface area (TPSA) is 92.1 Å². The maximum atomic E-state index is 15.4. The first kappa shape index (κ1) is 18.2. The number of fused-ring (bicyclic) bond motifs is 1. The third-order valence-electron chi connectivity index (χ3n) is 5.06. The predicted octanol–water partition coefficient (Wildman–Crippen LogP) is 1.95. The summed E-state index contributed by atoms with van der Waals surface area (Å²) in [6, 6.07) is 0.744. The number of ether oxygens (including phenoxy) is 1. The van der Waals surface area contributed by atoms with Gasteiger partial charge in [0.1, 0.15) is 11.5 Å². The minimum absolute atomic E-state index is 0.118. The van der Waals surface area contributed by atoms with Crippen molar-refractivity contribution in [2.45, 2.75) is 18.9 Å². The van der Waals surface area contributed by atoms with Crippen LogP contribution < -0.4 is 15.1 Å². The number of hydrogen-bond donors (Lipinski definition) is 1. The van der Waals surface area contributed by atoms with Gasteiger partial charge in [0.25, 0.3) is 0 Å². The second-order valence-corrected chi connectivity index (χ2v) is 6.98. The molecule has 1 aliphatic carbocycles. The molecule has 0 unspecified atom stereocenters. The molecule has 28 heavy (non-hydrogen) atoms. The van der Waals surface area contributed by atoms with Gasteiger partial charge in [0.05, 0.1) is 23.6 Å². The lowest BCUT2D eigenvalue weighted by atomic mass is 10.1. The molecular formula is C18H17F2N3O5. The second kappa shape index (κ2) is 6.47. The molecule has 1 N–H and O–H groups in total. The smallest absolute Gasteiger partial charge is 0.449 e. The van der Waals surface area contributed by atoms with Crippen LogP contribution in [-0.2, 0) is 4.79 Å². The fraction of sp³-hybridized carbons (Fsp3) is 0.389. The maximum absolute atomic E-state index is 15.4. The molecule has 0 bridgehead atoms. The average molecular weight is 393 g/mol. The first-order valence-corrected chi connectivity index (χ1v) is 8.74. The fourth-order valence-corrected chi connectivity index (χ4v) is 3.45. The molecule has 10 heteroatoms. The molecule has 2 heterocycles. The van der Waals surface area contributed by atoms with Crippen LogP contribution in [0.15, 0.2) is 17.1 Å². The number of carbonyl (C=O) groups is 2. The molecule has 1 aliphatic heterocycles. The molecule has 8 nitrogen and oxygen atoms in total. The first-order valence-electron chi connectivity index (χ1n) is 8.74. The summed E-state index contributed by atoms with van der Waals surface area (Å²) < 4.78 is 36.2. The van der Waals surface area contributed by atoms with Crippen LogP contribution in [0.4, 0.5) is 19.3 Å². The van der Waals surface area contributed by atoms with Gasteiger partial charge in [0, 0.05) is 26.2 Å². The number of pyridine rings is 1. The highest BCUT2D eigenvalue weighted by Crippen LogP contribution is 2.40. The van der Waals surface area contributed by atoms with Crippen molar-refractivity contribution >= 4 is 28.7 Å². The highest BCUT2D eigenvalue weighted by Gasteiger charge is 2.32. The second-order valence-electron chi connectivity index (χ2n) is 6.98. The quantitative estimate of drug-likeness (QED) is 0.802. The Morgan fingerprint density at radius 1 is 1.25 bits per heavy atom. The van der Waals surface area contributed by atoms with Crippen molar-refractivity contribution in [3.05, 3.63) is 34.1 Å². The molecular weight excluding hydrogens is 376 g/mol. The summed E-state index contributed by atoms with van der Waals surface area (Å²) in [6.07, 6.45) is 0.885. The van der Waals surface area contributed by atoms with E-state index < -0.39 is 29.0 Å². The Bertz CT molecular complexity index is 1060. The monoisotopic (exact) mass is 393 g/mol. The van der Waals surface area contributed by atoms with Gasteiger partial charge in [0.15, 0.2) is 11.6 Å². The van der Waals surface area contributed by atoms with Crippen molar-refractivity contribution < 1.29 is 28.2 Å². The Hall–Kier alpha value is -3.17. The predicted molar refractivity (Wildman–Crippen MR) is 94.9 cm³/mol. The van der Waals surface area contributed by atoms with E-state index in [1.165, 1.54) is 14.4 Å². The molecule has 2 aliphatic rings. The molecule has 2 fully saturated rings. The molecule has 1 saturated carbocycles. The molecule has 1 aromatic heterocycles. The molecule has 0 radical (unpaired) electrons. The lowest BCUT2D eigenvalue weighted by Crippen LogP contribution is -2.49. The molecule has 1 amide bonds. The number of anilines is 1. The van der Waals surface area contributed by atoms with Gasteiger partial charge in [-0.1, -0.05) is 0 Å². The molecule has 1 saturated heterocycles. The van der Waals surface area contributed by atoms with Crippen LogP contribution >= 0.6 is 0 Å². The van der Waals surface area contributed by atoms with E-state index in [0.29, 0.717) is 19.4 Å². The van der Waals surface area contributed by atoms with Crippen LogP contribution in [0.25, 0.3) is 10.9 Å². The largest absolute Gasteiger partial charge is 0.511 e. The lowest BCUT2D eigenvalue weighted by Gasteiger charge is -2.34. The van der Waals surface area contributed by atoms with E-state index in [1.807, 2.05) is 0 Å². The number of halogens is 2. The van der Waals surface area contributed by atoms with Gasteiger partial charge in [-0.05, 0) is 18.9 Å². The Balaban J connectivity index is 1.93. The summed E-state index contributed by atoms with van der Waals surface area (Å²) in [6.45, 7) is 0.385. The molecule has 1 aromatic carbocycles. The third kappa shape index (κ3) is 2.94. The number of likely N-dealkylation sites (N-methyl/N-ethyl adjacent to an activating group) is 1. The molecule has 4 rings (SSSR count). The van der Waals surface area contributed by atoms with E-state index in [-0.39, 0.29) is 41.6 Å². The number of carbonyl (C=O) groups excluding carboxylic acids is 1. The van der Waals surface area contributed by atoms with Crippen LogP contribution in [-0.4, -0.2) is 53.3 Å². The zero-order valence-electron chi connectivity index (χ0n) is 14.9. The standard InChI is InChI=1S/C18H17F2N3O5/c1-21-4-5-22(8-13(21)24)16-11(19)6-10-15(14(16)20)23(9-2-3-9)7-12(17(10)25)28-18(26)27/h6-7,9H,2-5,8H2,1H3,(H,26,27). The third-order valence-corrected chi connectivity index (χ3v) is 5.06. The number of hydrogen-bond acceptors (Lipinski definition) is 5. The van der Waals surface area contributed by atoms with Crippen molar-refractivity contribution in [1.82, 2.24) is 9.47 Å².